The number of hydrogen-bond acceptors (Lipinski definition) is 6. The summed E-state index contributed by atoms with van der Waals surface area (Å²) in [7, 11) is 0. The maximum Gasteiger partial charge on any atom is 0.335 e. The van der Waals surface area contributed by atoms with Gasteiger partial charge in [-0.3, -0.25) is 13.9 Å². The van der Waals surface area contributed by atoms with E-state index in [0.29, 0.717) is 22.2 Å². The molecule has 38 heavy (non-hydrogen) atoms. The Morgan fingerprint density at radius 1 is 0.711 bits per heavy atom. The van der Waals surface area contributed by atoms with Crippen LogP contribution in [0.3, 0.4) is 0 Å². The molecule has 0 spiro atoms. The molecule has 2 aromatic heterocycles. The number of carboxylic acid groups (broad SMARTS) is 2. The zero-order valence-electron chi connectivity index (χ0n) is 20.5. The number of aromatic nitrogens is 4. The normalized spacial score (nSPS) is 11.2. The van der Waals surface area contributed by atoms with Crippen molar-refractivity contribution in [3.8, 4) is 0 Å². The molecule has 190 valence electrons. The minimum atomic E-state index is -1.08. The van der Waals surface area contributed by atoms with E-state index in [9.17, 15) is 24.3 Å². The standard InChI is InChI=1S/C28H22N4O6/c1-15-11-21-22(12-16(15)2)30-24-23(29-21)25(33)32(14-18-5-9-20(10-6-18)27(36)37)28(38)31(24)13-17-3-7-19(8-4-17)26(34)35/h3-12H,13-14H2,1-2H3,(H,34,35)(H,36,37). The van der Waals surface area contributed by atoms with Crippen molar-refractivity contribution in [2.24, 2.45) is 0 Å². The maximum atomic E-state index is 13.7. The van der Waals surface area contributed by atoms with E-state index in [1.807, 2.05) is 26.0 Å². The fourth-order valence-corrected chi connectivity index (χ4v) is 4.24. The number of fused-ring (bicyclic) bond motifs is 2. The van der Waals surface area contributed by atoms with Gasteiger partial charge in [0.1, 0.15) is 0 Å². The van der Waals surface area contributed by atoms with Gasteiger partial charge < -0.3 is 10.2 Å². The van der Waals surface area contributed by atoms with Crippen LogP contribution in [-0.2, 0) is 13.1 Å². The van der Waals surface area contributed by atoms with Crippen LogP contribution in [0, 0.1) is 13.8 Å². The monoisotopic (exact) mass is 510 g/mol. The number of carboxylic acids is 2. The van der Waals surface area contributed by atoms with Crippen LogP contribution in [0.5, 0.6) is 0 Å². The van der Waals surface area contributed by atoms with E-state index in [1.165, 1.54) is 28.8 Å². The van der Waals surface area contributed by atoms with E-state index in [2.05, 4.69) is 9.97 Å². The lowest BCUT2D eigenvalue weighted by atomic mass is 10.1. The molecule has 10 heteroatoms. The van der Waals surface area contributed by atoms with E-state index >= 15 is 0 Å². The second-order valence-corrected chi connectivity index (χ2v) is 9.09. The minimum absolute atomic E-state index is 0.0182. The molecule has 0 saturated carbocycles. The Morgan fingerprint density at radius 2 is 1.16 bits per heavy atom. The maximum absolute atomic E-state index is 13.7. The first-order chi connectivity index (χ1) is 18.1. The number of rotatable bonds is 6. The van der Waals surface area contributed by atoms with Crippen molar-refractivity contribution in [1.29, 1.82) is 0 Å². The van der Waals surface area contributed by atoms with Crippen LogP contribution in [0.25, 0.3) is 22.2 Å². The van der Waals surface area contributed by atoms with E-state index < -0.39 is 23.2 Å². The largest absolute Gasteiger partial charge is 0.478 e. The highest BCUT2D eigenvalue weighted by atomic mass is 16.4. The molecule has 5 aromatic rings. The summed E-state index contributed by atoms with van der Waals surface area (Å²) < 4.78 is 2.39. The number of hydrogen-bond donors (Lipinski definition) is 2. The minimum Gasteiger partial charge on any atom is -0.478 e. The molecule has 0 saturated heterocycles. The number of benzene rings is 3. The quantitative estimate of drug-likeness (QED) is 0.331. The molecule has 0 radical (unpaired) electrons. The highest BCUT2D eigenvalue weighted by molar-refractivity contribution is 5.88. The molecule has 5 rings (SSSR count). The van der Waals surface area contributed by atoms with Crippen LogP contribution < -0.4 is 11.2 Å². The van der Waals surface area contributed by atoms with Gasteiger partial charge in [-0.05, 0) is 72.5 Å². The van der Waals surface area contributed by atoms with Gasteiger partial charge in [-0.15, -0.1) is 0 Å². The molecule has 0 fully saturated rings. The summed E-state index contributed by atoms with van der Waals surface area (Å²) in [5, 5.41) is 18.4. The topological polar surface area (TPSA) is 144 Å². The van der Waals surface area contributed by atoms with Gasteiger partial charge in [0.25, 0.3) is 5.56 Å². The van der Waals surface area contributed by atoms with Crippen LogP contribution in [0.1, 0.15) is 43.0 Å². The summed E-state index contributed by atoms with van der Waals surface area (Å²) >= 11 is 0. The second-order valence-electron chi connectivity index (χ2n) is 9.09. The van der Waals surface area contributed by atoms with Crippen molar-refractivity contribution in [2.45, 2.75) is 26.9 Å². The van der Waals surface area contributed by atoms with Crippen LogP contribution in [0.2, 0.25) is 0 Å². The Hall–Kier alpha value is -5.12. The summed E-state index contributed by atoms with van der Waals surface area (Å²) in [5.74, 6) is -2.15. The predicted octanol–water partition coefficient (Wildman–Crippen LogP) is 3.22. The van der Waals surface area contributed by atoms with Gasteiger partial charge in [0, 0.05) is 0 Å². The molecule has 2 N–H and O–H groups in total. The Kier molecular flexibility index (Phi) is 6.08. The molecule has 0 aliphatic rings. The van der Waals surface area contributed by atoms with Crippen LogP contribution in [0.4, 0.5) is 0 Å². The lowest BCUT2D eigenvalue weighted by Gasteiger charge is -2.14. The van der Waals surface area contributed by atoms with E-state index in [4.69, 9.17) is 5.11 Å². The molecular weight excluding hydrogens is 488 g/mol. The van der Waals surface area contributed by atoms with Gasteiger partial charge in [0.2, 0.25) is 0 Å². The SMILES string of the molecule is Cc1cc2nc3c(=O)n(Cc4ccc(C(=O)O)cc4)c(=O)n(Cc4ccc(C(=O)O)cc4)c3nc2cc1C. The molecule has 0 aliphatic heterocycles. The predicted molar refractivity (Wildman–Crippen MR) is 140 cm³/mol. The molecule has 0 bridgehead atoms. The fraction of sp³-hybridized carbons (Fsp3) is 0.143. The Bertz CT molecular complexity index is 1870. The van der Waals surface area contributed by atoms with E-state index in [1.54, 1.807) is 24.3 Å². The van der Waals surface area contributed by atoms with Crippen LogP contribution in [0.15, 0.2) is 70.3 Å². The first kappa shape index (κ1) is 24.6. The highest BCUT2D eigenvalue weighted by Gasteiger charge is 2.18. The number of nitrogens with zero attached hydrogens (tertiary/aromatic N) is 4. The van der Waals surface area contributed by atoms with Gasteiger partial charge in [0.15, 0.2) is 11.2 Å². The van der Waals surface area contributed by atoms with Gasteiger partial charge in [0.05, 0.1) is 35.2 Å². The molecule has 0 aliphatic carbocycles. The van der Waals surface area contributed by atoms with E-state index in [0.717, 1.165) is 15.7 Å². The van der Waals surface area contributed by atoms with Crippen LogP contribution in [-0.4, -0.2) is 41.3 Å². The summed E-state index contributed by atoms with van der Waals surface area (Å²) in [6, 6.07) is 15.7. The van der Waals surface area contributed by atoms with Crippen molar-refractivity contribution < 1.29 is 19.8 Å². The average molecular weight is 511 g/mol. The fourth-order valence-electron chi connectivity index (χ4n) is 4.24. The van der Waals surface area contributed by atoms with Gasteiger partial charge in [-0.2, -0.15) is 0 Å². The Labute approximate surface area is 215 Å². The lowest BCUT2D eigenvalue weighted by Crippen LogP contribution is -2.41. The molecule has 2 heterocycles. The van der Waals surface area contributed by atoms with E-state index in [-0.39, 0.29) is 35.4 Å². The second kappa shape index (κ2) is 9.40. The lowest BCUT2D eigenvalue weighted by molar-refractivity contribution is 0.0686. The van der Waals surface area contributed by atoms with Crippen molar-refractivity contribution in [3.05, 3.63) is 115 Å². The Balaban J connectivity index is 1.72. The summed E-state index contributed by atoms with van der Waals surface area (Å²) in [6.07, 6.45) is 0. The van der Waals surface area contributed by atoms with Crippen molar-refractivity contribution >= 4 is 34.1 Å². The number of carbonyl (C=O) groups is 2. The smallest absolute Gasteiger partial charge is 0.335 e. The summed E-state index contributed by atoms with van der Waals surface area (Å²) in [6.45, 7) is 3.80. The average Bonchev–Trinajstić information content (AvgIpc) is 2.89. The van der Waals surface area contributed by atoms with Crippen LogP contribution >= 0.6 is 0 Å². The zero-order valence-corrected chi connectivity index (χ0v) is 20.5. The third kappa shape index (κ3) is 4.43. The summed E-state index contributed by atoms with van der Waals surface area (Å²) in [5.41, 5.74) is 3.33. The third-order valence-corrected chi connectivity index (χ3v) is 6.51. The highest BCUT2D eigenvalue weighted by Crippen LogP contribution is 2.19. The molecule has 0 amide bonds. The first-order valence-corrected chi connectivity index (χ1v) is 11.7. The van der Waals surface area contributed by atoms with Gasteiger partial charge >= 0.3 is 17.6 Å². The number of aromatic carboxylic acids is 2. The first-order valence-electron chi connectivity index (χ1n) is 11.7. The van der Waals surface area contributed by atoms with Crippen molar-refractivity contribution in [1.82, 2.24) is 19.1 Å². The molecule has 10 nitrogen and oxygen atoms in total. The van der Waals surface area contributed by atoms with Gasteiger partial charge in [-0.1, -0.05) is 24.3 Å². The Morgan fingerprint density at radius 3 is 1.63 bits per heavy atom. The number of aryl methyl sites for hydroxylation is 2. The molecular formula is C28H22N4O6. The zero-order chi connectivity index (χ0) is 27.1. The van der Waals surface area contributed by atoms with Crippen molar-refractivity contribution in [3.63, 3.8) is 0 Å². The molecule has 3 aromatic carbocycles. The third-order valence-electron chi connectivity index (χ3n) is 6.51. The summed E-state index contributed by atoms with van der Waals surface area (Å²) in [4.78, 5) is 58.9. The van der Waals surface area contributed by atoms with Crippen molar-refractivity contribution in [2.75, 3.05) is 0 Å². The van der Waals surface area contributed by atoms with Gasteiger partial charge in [-0.25, -0.2) is 24.4 Å². The molecule has 0 atom stereocenters. The molecule has 0 unspecified atom stereocenters.